The summed E-state index contributed by atoms with van der Waals surface area (Å²) in [6.45, 7) is 3.23. The SMILES string of the molecule is C=CC(=O)OC1CCC(=O)C(=O)C1. The van der Waals surface area contributed by atoms with E-state index < -0.39 is 17.9 Å². The van der Waals surface area contributed by atoms with Gasteiger partial charge in [0.05, 0.1) is 6.42 Å². The topological polar surface area (TPSA) is 60.4 Å². The highest BCUT2D eigenvalue weighted by Gasteiger charge is 2.28. The molecule has 0 amide bonds. The van der Waals surface area contributed by atoms with Crippen LogP contribution in [-0.2, 0) is 19.1 Å². The van der Waals surface area contributed by atoms with Crippen molar-refractivity contribution in [2.75, 3.05) is 0 Å². The third-order valence-electron chi connectivity index (χ3n) is 1.87. The molecule has 0 bridgehead atoms. The van der Waals surface area contributed by atoms with Gasteiger partial charge >= 0.3 is 5.97 Å². The highest BCUT2D eigenvalue weighted by molar-refractivity contribution is 6.37. The van der Waals surface area contributed by atoms with Crippen LogP contribution in [0.5, 0.6) is 0 Å². The molecule has 4 nitrogen and oxygen atoms in total. The molecular formula is C9H10O4. The summed E-state index contributed by atoms with van der Waals surface area (Å²) < 4.78 is 4.83. The fourth-order valence-corrected chi connectivity index (χ4v) is 1.17. The number of Topliss-reactive ketones (excluding diaryl/α,β-unsaturated/α-hetero) is 2. The number of ketones is 2. The molecule has 13 heavy (non-hydrogen) atoms. The van der Waals surface area contributed by atoms with Gasteiger partial charge in [0.2, 0.25) is 5.78 Å². The third kappa shape index (κ3) is 2.50. The zero-order valence-corrected chi connectivity index (χ0v) is 7.12. The van der Waals surface area contributed by atoms with Gasteiger partial charge < -0.3 is 4.74 Å². The van der Waals surface area contributed by atoms with E-state index in [1.165, 1.54) is 0 Å². The van der Waals surface area contributed by atoms with Gasteiger partial charge in [0.25, 0.3) is 0 Å². The van der Waals surface area contributed by atoms with Crippen molar-refractivity contribution in [3.05, 3.63) is 12.7 Å². The van der Waals surface area contributed by atoms with Crippen molar-refractivity contribution in [3.8, 4) is 0 Å². The maximum atomic E-state index is 10.9. The van der Waals surface area contributed by atoms with Crippen molar-refractivity contribution in [1.29, 1.82) is 0 Å². The lowest BCUT2D eigenvalue weighted by molar-refractivity contribution is -0.150. The quantitative estimate of drug-likeness (QED) is 0.352. The van der Waals surface area contributed by atoms with Gasteiger partial charge in [-0.25, -0.2) is 4.79 Å². The first-order valence-electron chi connectivity index (χ1n) is 4.02. The minimum Gasteiger partial charge on any atom is -0.459 e. The molecule has 1 rings (SSSR count). The maximum absolute atomic E-state index is 10.9. The molecule has 1 unspecified atom stereocenters. The van der Waals surface area contributed by atoms with Gasteiger partial charge in [0.1, 0.15) is 6.10 Å². The summed E-state index contributed by atoms with van der Waals surface area (Å²) >= 11 is 0. The van der Waals surface area contributed by atoms with E-state index in [4.69, 9.17) is 4.74 Å². The fraction of sp³-hybridized carbons (Fsp3) is 0.444. The molecule has 0 spiro atoms. The first kappa shape index (κ1) is 9.64. The highest BCUT2D eigenvalue weighted by atomic mass is 16.5. The van der Waals surface area contributed by atoms with Gasteiger partial charge in [-0.3, -0.25) is 9.59 Å². The average molecular weight is 182 g/mol. The van der Waals surface area contributed by atoms with Crippen molar-refractivity contribution in [3.63, 3.8) is 0 Å². The summed E-state index contributed by atoms with van der Waals surface area (Å²) in [6, 6.07) is 0. The number of carbonyl (C=O) groups excluding carboxylic acids is 3. The van der Waals surface area contributed by atoms with Crippen molar-refractivity contribution in [2.24, 2.45) is 0 Å². The maximum Gasteiger partial charge on any atom is 0.330 e. The minimum atomic E-state index is -0.549. The Morgan fingerprint density at radius 1 is 1.46 bits per heavy atom. The van der Waals surface area contributed by atoms with Gasteiger partial charge in [-0.05, 0) is 6.42 Å². The van der Waals surface area contributed by atoms with E-state index in [0.717, 1.165) is 6.08 Å². The summed E-state index contributed by atoms with van der Waals surface area (Å²) in [5.41, 5.74) is 0. The van der Waals surface area contributed by atoms with E-state index in [1.54, 1.807) is 0 Å². The van der Waals surface area contributed by atoms with Crippen LogP contribution in [0.25, 0.3) is 0 Å². The van der Waals surface area contributed by atoms with Crippen LogP contribution in [0, 0.1) is 0 Å². The molecule has 0 saturated heterocycles. The second-order valence-electron chi connectivity index (χ2n) is 2.85. The largest absolute Gasteiger partial charge is 0.459 e. The summed E-state index contributed by atoms with van der Waals surface area (Å²) in [7, 11) is 0. The van der Waals surface area contributed by atoms with Crippen LogP contribution in [-0.4, -0.2) is 23.6 Å². The molecule has 1 saturated carbocycles. The summed E-state index contributed by atoms with van der Waals surface area (Å²) in [5, 5.41) is 0. The number of rotatable bonds is 2. The third-order valence-corrected chi connectivity index (χ3v) is 1.87. The van der Waals surface area contributed by atoms with Crippen molar-refractivity contribution < 1.29 is 19.1 Å². The number of hydrogen-bond donors (Lipinski definition) is 0. The Kier molecular flexibility index (Phi) is 2.95. The average Bonchev–Trinajstić information content (AvgIpc) is 2.11. The first-order valence-corrected chi connectivity index (χ1v) is 4.02. The zero-order valence-electron chi connectivity index (χ0n) is 7.12. The molecule has 1 aliphatic carbocycles. The molecular weight excluding hydrogens is 172 g/mol. The van der Waals surface area contributed by atoms with E-state index >= 15 is 0 Å². The molecule has 1 atom stereocenters. The van der Waals surface area contributed by atoms with E-state index in [2.05, 4.69) is 6.58 Å². The lowest BCUT2D eigenvalue weighted by Gasteiger charge is -2.19. The van der Waals surface area contributed by atoms with Gasteiger partial charge in [0, 0.05) is 12.5 Å². The van der Waals surface area contributed by atoms with Crippen LogP contribution in [0.15, 0.2) is 12.7 Å². The van der Waals surface area contributed by atoms with E-state index in [9.17, 15) is 14.4 Å². The van der Waals surface area contributed by atoms with Gasteiger partial charge in [-0.2, -0.15) is 0 Å². The standard InChI is InChI=1S/C9H10O4/c1-2-9(12)13-6-3-4-7(10)8(11)5-6/h2,6H,1,3-5H2. The van der Waals surface area contributed by atoms with Gasteiger partial charge in [-0.1, -0.05) is 6.58 Å². The number of ether oxygens (including phenoxy) is 1. The van der Waals surface area contributed by atoms with Crippen LogP contribution in [0.1, 0.15) is 19.3 Å². The van der Waals surface area contributed by atoms with Gasteiger partial charge in [-0.15, -0.1) is 0 Å². The van der Waals surface area contributed by atoms with Crippen molar-refractivity contribution in [1.82, 2.24) is 0 Å². The van der Waals surface area contributed by atoms with E-state index in [-0.39, 0.29) is 18.6 Å². The monoisotopic (exact) mass is 182 g/mol. The van der Waals surface area contributed by atoms with Crippen LogP contribution >= 0.6 is 0 Å². The Balaban J connectivity index is 2.46. The van der Waals surface area contributed by atoms with Crippen molar-refractivity contribution in [2.45, 2.75) is 25.4 Å². The first-order chi connectivity index (χ1) is 6.13. The molecule has 0 aromatic carbocycles. The van der Waals surface area contributed by atoms with E-state index in [0.29, 0.717) is 6.42 Å². The molecule has 0 aliphatic heterocycles. The highest BCUT2D eigenvalue weighted by Crippen LogP contribution is 2.15. The summed E-state index contributed by atoms with van der Waals surface area (Å²) in [5.74, 6) is -1.37. The van der Waals surface area contributed by atoms with Crippen molar-refractivity contribution >= 4 is 17.5 Å². The summed E-state index contributed by atoms with van der Waals surface area (Å²) in [4.78, 5) is 32.4. The van der Waals surface area contributed by atoms with Crippen LogP contribution in [0.3, 0.4) is 0 Å². The molecule has 4 heteroatoms. The second kappa shape index (κ2) is 3.98. The fourth-order valence-electron chi connectivity index (χ4n) is 1.17. The molecule has 0 aromatic rings. The lowest BCUT2D eigenvalue weighted by atomic mass is 9.95. The predicted octanol–water partition coefficient (Wildman–Crippen LogP) is 0.406. The van der Waals surface area contributed by atoms with Crippen LogP contribution in [0.2, 0.25) is 0 Å². The summed E-state index contributed by atoms with van der Waals surface area (Å²) in [6.07, 6.45) is 1.22. The normalized spacial score (nSPS) is 22.6. The Morgan fingerprint density at radius 3 is 2.69 bits per heavy atom. The molecule has 70 valence electrons. The predicted molar refractivity (Wildman–Crippen MR) is 43.9 cm³/mol. The Morgan fingerprint density at radius 2 is 2.15 bits per heavy atom. The Hall–Kier alpha value is -1.45. The van der Waals surface area contributed by atoms with Gasteiger partial charge in [0.15, 0.2) is 5.78 Å². The minimum absolute atomic E-state index is 0.0123. The molecule has 1 fully saturated rings. The number of esters is 1. The molecule has 1 aliphatic rings. The Bertz CT molecular complexity index is 265. The smallest absolute Gasteiger partial charge is 0.330 e. The molecule has 0 heterocycles. The zero-order chi connectivity index (χ0) is 9.84. The van der Waals surface area contributed by atoms with Crippen LogP contribution < -0.4 is 0 Å². The molecule has 0 aromatic heterocycles. The molecule has 0 radical (unpaired) electrons. The lowest BCUT2D eigenvalue weighted by Crippen LogP contribution is -2.31. The second-order valence-corrected chi connectivity index (χ2v) is 2.85. The van der Waals surface area contributed by atoms with E-state index in [1.807, 2.05) is 0 Å². The number of hydrogen-bond acceptors (Lipinski definition) is 4. The number of carbonyl (C=O) groups is 3. The van der Waals surface area contributed by atoms with Crippen LogP contribution in [0.4, 0.5) is 0 Å². The molecule has 0 N–H and O–H groups in total. The Labute approximate surface area is 75.6 Å².